The van der Waals surface area contributed by atoms with Crippen LogP contribution in [0.5, 0.6) is 11.8 Å². The van der Waals surface area contributed by atoms with Gasteiger partial charge >= 0.3 is 12.5 Å². The highest BCUT2D eigenvalue weighted by Crippen LogP contribution is 2.16. The number of rotatable bonds is 2. The summed E-state index contributed by atoms with van der Waals surface area (Å²) in [5.41, 5.74) is 0. The van der Waals surface area contributed by atoms with Crippen LogP contribution in [0.25, 0.3) is 0 Å². The van der Waals surface area contributed by atoms with Gasteiger partial charge in [-0.2, -0.15) is 0 Å². The van der Waals surface area contributed by atoms with Crippen molar-refractivity contribution >= 4 is 0 Å². The fourth-order valence-electron chi connectivity index (χ4n) is 0.772. The molecule has 0 aliphatic carbocycles. The van der Waals surface area contributed by atoms with Crippen molar-refractivity contribution in [2.75, 3.05) is 0 Å². The predicted octanol–water partition coefficient (Wildman–Crippen LogP) is 1.66. The molecule has 1 aromatic heterocycles. The van der Waals surface area contributed by atoms with Crippen molar-refractivity contribution in [1.29, 1.82) is 0 Å². The van der Waals surface area contributed by atoms with Gasteiger partial charge in [-0.05, 0) is 12.1 Å². The lowest BCUT2D eigenvalue weighted by molar-refractivity contribution is 0.328. The summed E-state index contributed by atoms with van der Waals surface area (Å²) in [6, 6.07) is 9.20. The smallest absolute Gasteiger partial charge is 0.410 e. The molecule has 0 amide bonds. The van der Waals surface area contributed by atoms with Crippen LogP contribution in [0.15, 0.2) is 34.7 Å². The van der Waals surface area contributed by atoms with Crippen molar-refractivity contribution in [3.63, 3.8) is 0 Å². The van der Waals surface area contributed by atoms with Crippen LogP contribution in [0.2, 0.25) is 0 Å². The normalized spacial score (nSPS) is 9.67. The Morgan fingerprint density at radius 3 is 2.75 bits per heavy atom. The maximum absolute atomic E-state index is 5.15. The second kappa shape index (κ2) is 3.04. The highest BCUT2D eigenvalue weighted by atomic mass is 16.6. The first-order valence-electron chi connectivity index (χ1n) is 3.37. The zero-order valence-electron chi connectivity index (χ0n) is 6.10. The van der Waals surface area contributed by atoms with Gasteiger partial charge in [0, 0.05) is 0 Å². The molecule has 1 radical (unpaired) electrons. The number of para-hydroxylation sites is 1. The van der Waals surface area contributed by atoms with Crippen LogP contribution >= 0.6 is 0 Å². The summed E-state index contributed by atoms with van der Waals surface area (Å²) >= 11 is 0. The van der Waals surface area contributed by atoms with Gasteiger partial charge in [0.2, 0.25) is 0 Å². The molecule has 0 saturated carbocycles. The Bertz CT molecular complexity index is 331. The first kappa shape index (κ1) is 6.84. The molecule has 0 spiro atoms. The summed E-state index contributed by atoms with van der Waals surface area (Å²) < 4.78 is 9.81. The summed E-state index contributed by atoms with van der Waals surface area (Å²) in [4.78, 5) is 0. The van der Waals surface area contributed by atoms with Gasteiger partial charge in [0.1, 0.15) is 5.75 Å². The third-order valence-electron chi connectivity index (χ3n) is 1.25. The summed E-state index contributed by atoms with van der Waals surface area (Å²) in [6.45, 7) is 0. The zero-order chi connectivity index (χ0) is 8.23. The summed E-state index contributed by atoms with van der Waals surface area (Å²) in [6.07, 6.45) is 2.29. The van der Waals surface area contributed by atoms with Crippen molar-refractivity contribution in [3.05, 3.63) is 36.7 Å². The molecule has 0 bridgehead atoms. The van der Waals surface area contributed by atoms with E-state index < -0.39 is 0 Å². The molecule has 2 rings (SSSR count). The van der Waals surface area contributed by atoms with Gasteiger partial charge in [-0.15, -0.1) is 0 Å². The Hall–Kier alpha value is -1.84. The van der Waals surface area contributed by atoms with E-state index in [9.17, 15) is 0 Å². The van der Waals surface area contributed by atoms with Crippen LogP contribution in [0.1, 0.15) is 0 Å². The number of hydrogen-bond donors (Lipinski definition) is 0. The number of nitrogens with zero attached hydrogens (tertiary/aromatic N) is 2. The third kappa shape index (κ3) is 1.42. The minimum absolute atomic E-state index is 0.0983. The van der Waals surface area contributed by atoms with Crippen LogP contribution < -0.4 is 4.74 Å². The van der Waals surface area contributed by atoms with Gasteiger partial charge < -0.3 is 9.15 Å². The molecule has 0 saturated heterocycles. The van der Waals surface area contributed by atoms with Gasteiger partial charge in [0.25, 0.3) is 0 Å². The lowest BCUT2D eigenvalue weighted by Gasteiger charge is -1.96. The van der Waals surface area contributed by atoms with Crippen LogP contribution in [0.4, 0.5) is 0 Å². The van der Waals surface area contributed by atoms with E-state index >= 15 is 0 Å². The topological polar surface area (TPSA) is 48.2 Å². The van der Waals surface area contributed by atoms with E-state index in [0.717, 1.165) is 0 Å². The van der Waals surface area contributed by atoms with Gasteiger partial charge in [-0.3, -0.25) is 0 Å². The molecule has 1 aromatic carbocycles. The Morgan fingerprint density at radius 1 is 1.25 bits per heavy atom. The predicted molar refractivity (Wildman–Crippen MR) is 39.7 cm³/mol. The first-order chi connectivity index (χ1) is 5.95. The zero-order valence-corrected chi connectivity index (χ0v) is 6.10. The maximum atomic E-state index is 5.15. The van der Waals surface area contributed by atoms with E-state index in [-0.39, 0.29) is 6.08 Å². The van der Waals surface area contributed by atoms with E-state index in [4.69, 9.17) is 4.74 Å². The number of ether oxygens (including phenoxy) is 1. The molecule has 59 valence electrons. The van der Waals surface area contributed by atoms with E-state index in [2.05, 4.69) is 21.0 Å². The molecule has 4 heteroatoms. The molecule has 0 aliphatic rings. The Morgan fingerprint density at radius 2 is 2.08 bits per heavy atom. The number of benzene rings is 1. The molecule has 0 unspecified atom stereocenters. The van der Waals surface area contributed by atoms with E-state index in [1.54, 1.807) is 12.1 Å². The van der Waals surface area contributed by atoms with Crippen molar-refractivity contribution in [1.82, 2.24) is 10.2 Å². The highest BCUT2D eigenvalue weighted by Gasteiger charge is 2.00. The first-order valence-corrected chi connectivity index (χ1v) is 3.37. The third-order valence-corrected chi connectivity index (χ3v) is 1.25. The van der Waals surface area contributed by atoms with Crippen LogP contribution in [-0.4, -0.2) is 10.2 Å². The molecular weight excluding hydrogens is 156 g/mol. The van der Waals surface area contributed by atoms with Crippen molar-refractivity contribution in [3.8, 4) is 11.8 Å². The number of aromatic nitrogens is 2. The fraction of sp³-hybridized carbons (Fsp3) is 0. The minimum Gasteiger partial charge on any atom is -0.410 e. The minimum atomic E-state index is 0.0983. The second-order valence-corrected chi connectivity index (χ2v) is 2.07. The van der Waals surface area contributed by atoms with Crippen molar-refractivity contribution in [2.45, 2.75) is 0 Å². The molecule has 0 atom stereocenters. The Labute approximate surface area is 68.8 Å². The lowest BCUT2D eigenvalue weighted by atomic mass is 10.3. The fourth-order valence-corrected chi connectivity index (χ4v) is 0.772. The average molecular weight is 161 g/mol. The van der Waals surface area contributed by atoms with Crippen LogP contribution in [-0.2, 0) is 0 Å². The molecule has 0 fully saturated rings. The molecule has 12 heavy (non-hydrogen) atoms. The quantitative estimate of drug-likeness (QED) is 0.672. The monoisotopic (exact) mass is 161 g/mol. The van der Waals surface area contributed by atoms with Gasteiger partial charge in [0.05, 0.1) is 0 Å². The van der Waals surface area contributed by atoms with Crippen LogP contribution in [0.3, 0.4) is 0 Å². The summed E-state index contributed by atoms with van der Waals surface area (Å²) in [7, 11) is 0. The van der Waals surface area contributed by atoms with Gasteiger partial charge in [-0.1, -0.05) is 28.4 Å². The number of hydrogen-bond acceptors (Lipinski definition) is 4. The van der Waals surface area contributed by atoms with Crippen molar-refractivity contribution < 1.29 is 9.15 Å². The molecule has 2 aromatic rings. The van der Waals surface area contributed by atoms with E-state index in [1.165, 1.54) is 0 Å². The van der Waals surface area contributed by atoms with Crippen molar-refractivity contribution in [2.24, 2.45) is 0 Å². The molecule has 1 heterocycles. The summed E-state index contributed by atoms with van der Waals surface area (Å²) in [5, 5.41) is 6.87. The average Bonchev–Trinajstić information content (AvgIpc) is 2.59. The maximum Gasteiger partial charge on any atom is 0.420 e. The molecule has 0 N–H and O–H groups in total. The summed E-state index contributed by atoms with van der Waals surface area (Å²) in [5.74, 6) is 0.662. The van der Waals surface area contributed by atoms with Gasteiger partial charge in [-0.25, -0.2) is 0 Å². The molecule has 0 aliphatic heterocycles. The second-order valence-electron chi connectivity index (χ2n) is 2.07. The van der Waals surface area contributed by atoms with E-state index in [0.29, 0.717) is 5.75 Å². The molecular formula is C8H5N2O2. The van der Waals surface area contributed by atoms with Crippen LogP contribution in [0, 0.1) is 6.39 Å². The standard InChI is InChI=1S/C8H5N2O2/c1-2-4-7(5-3-1)12-8-10-9-6-11-8/h1-5H. The Balaban J connectivity index is 2.15. The lowest BCUT2D eigenvalue weighted by Crippen LogP contribution is -1.82. The highest BCUT2D eigenvalue weighted by molar-refractivity contribution is 5.22. The van der Waals surface area contributed by atoms with E-state index in [1.807, 2.05) is 18.2 Å². The largest absolute Gasteiger partial charge is 0.420 e. The Kier molecular flexibility index (Phi) is 1.74. The SMILES string of the molecule is [c]1nnc(Oc2ccccc2)o1. The molecule has 4 nitrogen and oxygen atoms in total. The van der Waals surface area contributed by atoms with Gasteiger partial charge in [0.15, 0.2) is 0 Å².